The highest BCUT2D eigenvalue weighted by Gasteiger charge is 2.11. The predicted molar refractivity (Wildman–Crippen MR) is 66.0 cm³/mol. The fraction of sp³-hybridized carbons (Fsp3) is 0.545. The molecule has 0 bridgehead atoms. The van der Waals surface area contributed by atoms with Crippen molar-refractivity contribution in [3.63, 3.8) is 0 Å². The van der Waals surface area contributed by atoms with Crippen molar-refractivity contribution in [1.29, 1.82) is 0 Å². The second-order valence-electron chi connectivity index (χ2n) is 3.63. The molecule has 1 aromatic heterocycles. The number of pyridine rings is 1. The van der Waals surface area contributed by atoms with E-state index >= 15 is 0 Å². The molecule has 0 saturated heterocycles. The lowest BCUT2D eigenvalue weighted by Gasteiger charge is -2.11. The van der Waals surface area contributed by atoms with Gasteiger partial charge in [-0.25, -0.2) is 0 Å². The average Bonchev–Trinajstić information content (AvgIpc) is 2.23. The van der Waals surface area contributed by atoms with Gasteiger partial charge in [0.25, 0.3) is 0 Å². The third-order valence-electron chi connectivity index (χ3n) is 2.35. The number of ether oxygens (including phenoxy) is 1. The van der Waals surface area contributed by atoms with Gasteiger partial charge in [0, 0.05) is 28.1 Å². The van der Waals surface area contributed by atoms with Crippen LogP contribution >= 0.6 is 0 Å². The second-order valence-corrected chi connectivity index (χ2v) is 5.09. The Balaban J connectivity index is 2.93. The summed E-state index contributed by atoms with van der Waals surface area (Å²) in [6, 6.07) is 0. The first-order valence-corrected chi connectivity index (χ1v) is 6.57. The van der Waals surface area contributed by atoms with Crippen LogP contribution in [-0.2, 0) is 16.6 Å². The normalized spacial score (nSPS) is 12.5. The fourth-order valence-corrected chi connectivity index (χ4v) is 2.60. The lowest BCUT2D eigenvalue weighted by Crippen LogP contribution is -2.16. The Morgan fingerprint density at radius 3 is 2.75 bits per heavy atom. The summed E-state index contributed by atoms with van der Waals surface area (Å²) in [4.78, 5) is 4.31. The molecule has 1 heterocycles. The van der Waals surface area contributed by atoms with E-state index in [-0.39, 0.29) is 0 Å². The standard InChI is InChI=1S/C11H18N2O2S/c1-8-5-13-10(6-16(14)7-12-3)9(2)11(8)15-4/h5,12H,6-7H2,1-4H3. The number of hydrogen-bond donors (Lipinski definition) is 1. The van der Waals surface area contributed by atoms with Gasteiger partial charge >= 0.3 is 0 Å². The molecule has 0 aliphatic carbocycles. The number of methoxy groups -OCH3 is 1. The molecular formula is C11H18N2O2S. The molecule has 0 amide bonds. The van der Waals surface area contributed by atoms with Crippen molar-refractivity contribution < 1.29 is 8.95 Å². The molecule has 16 heavy (non-hydrogen) atoms. The highest BCUT2D eigenvalue weighted by atomic mass is 32.2. The van der Waals surface area contributed by atoms with Crippen molar-refractivity contribution in [3.05, 3.63) is 23.0 Å². The summed E-state index contributed by atoms with van der Waals surface area (Å²) in [5.74, 6) is 1.78. The van der Waals surface area contributed by atoms with Gasteiger partial charge < -0.3 is 10.1 Å². The molecule has 0 aliphatic rings. The molecular weight excluding hydrogens is 224 g/mol. The van der Waals surface area contributed by atoms with Crippen LogP contribution in [0.4, 0.5) is 0 Å². The Morgan fingerprint density at radius 2 is 2.19 bits per heavy atom. The van der Waals surface area contributed by atoms with E-state index in [0.29, 0.717) is 11.6 Å². The first kappa shape index (κ1) is 13.1. The fourth-order valence-electron chi connectivity index (χ4n) is 1.58. The maximum Gasteiger partial charge on any atom is 0.128 e. The largest absolute Gasteiger partial charge is 0.496 e. The van der Waals surface area contributed by atoms with E-state index in [9.17, 15) is 4.21 Å². The Hall–Kier alpha value is -0.940. The van der Waals surface area contributed by atoms with E-state index in [0.717, 1.165) is 22.6 Å². The SMILES string of the molecule is CNCS(=O)Cc1ncc(C)c(OC)c1C. The van der Waals surface area contributed by atoms with E-state index in [4.69, 9.17) is 4.74 Å². The van der Waals surface area contributed by atoms with Gasteiger partial charge in [0.1, 0.15) is 5.75 Å². The number of aromatic nitrogens is 1. The van der Waals surface area contributed by atoms with Gasteiger partial charge in [-0.15, -0.1) is 0 Å². The van der Waals surface area contributed by atoms with E-state index in [1.54, 1.807) is 20.4 Å². The smallest absolute Gasteiger partial charge is 0.128 e. The Kier molecular flexibility index (Phi) is 4.89. The van der Waals surface area contributed by atoms with Gasteiger partial charge in [-0.2, -0.15) is 0 Å². The lowest BCUT2D eigenvalue weighted by molar-refractivity contribution is 0.407. The van der Waals surface area contributed by atoms with Crippen LogP contribution in [0.15, 0.2) is 6.20 Å². The van der Waals surface area contributed by atoms with Crippen LogP contribution in [0.2, 0.25) is 0 Å². The van der Waals surface area contributed by atoms with Crippen LogP contribution in [0.5, 0.6) is 5.75 Å². The minimum atomic E-state index is -0.927. The maximum absolute atomic E-state index is 11.6. The van der Waals surface area contributed by atoms with Crippen molar-refractivity contribution in [2.24, 2.45) is 0 Å². The number of hydrogen-bond acceptors (Lipinski definition) is 4. The van der Waals surface area contributed by atoms with Gasteiger partial charge in [-0.3, -0.25) is 9.19 Å². The molecule has 1 aromatic rings. The van der Waals surface area contributed by atoms with Gasteiger partial charge in [-0.1, -0.05) is 0 Å². The number of nitrogens with one attached hydrogen (secondary N) is 1. The zero-order valence-electron chi connectivity index (χ0n) is 10.2. The number of aryl methyl sites for hydroxylation is 1. The Morgan fingerprint density at radius 1 is 1.50 bits per heavy atom. The molecule has 0 aromatic carbocycles. The van der Waals surface area contributed by atoms with Crippen LogP contribution < -0.4 is 10.1 Å². The minimum Gasteiger partial charge on any atom is -0.496 e. The van der Waals surface area contributed by atoms with Crippen LogP contribution in [0, 0.1) is 13.8 Å². The highest BCUT2D eigenvalue weighted by molar-refractivity contribution is 7.84. The predicted octanol–water partition coefficient (Wildman–Crippen LogP) is 1.13. The second kappa shape index (κ2) is 5.96. The third kappa shape index (κ3) is 3.02. The molecule has 0 saturated carbocycles. The molecule has 0 radical (unpaired) electrons. The quantitative estimate of drug-likeness (QED) is 0.841. The summed E-state index contributed by atoms with van der Waals surface area (Å²) in [5, 5.41) is 2.89. The van der Waals surface area contributed by atoms with Gasteiger partial charge in [0.15, 0.2) is 0 Å². The summed E-state index contributed by atoms with van der Waals surface area (Å²) in [6.07, 6.45) is 1.76. The molecule has 4 nitrogen and oxygen atoms in total. The number of nitrogens with zero attached hydrogens (tertiary/aromatic N) is 1. The molecule has 1 N–H and O–H groups in total. The molecule has 1 rings (SSSR count). The monoisotopic (exact) mass is 242 g/mol. The Bertz CT molecular complexity index is 394. The first-order chi connectivity index (χ1) is 7.60. The minimum absolute atomic E-state index is 0.462. The van der Waals surface area contributed by atoms with E-state index in [2.05, 4.69) is 10.3 Å². The van der Waals surface area contributed by atoms with Crippen molar-refractivity contribution in [2.75, 3.05) is 20.0 Å². The topological polar surface area (TPSA) is 51.2 Å². The summed E-state index contributed by atoms with van der Waals surface area (Å²) in [7, 11) is 2.50. The van der Waals surface area contributed by atoms with Gasteiger partial charge in [0.05, 0.1) is 24.4 Å². The summed E-state index contributed by atoms with van der Waals surface area (Å²) < 4.78 is 16.9. The zero-order chi connectivity index (χ0) is 12.1. The van der Waals surface area contributed by atoms with Crippen LogP contribution in [0.3, 0.4) is 0 Å². The van der Waals surface area contributed by atoms with Crippen molar-refractivity contribution in [3.8, 4) is 5.75 Å². The number of rotatable bonds is 5. The third-order valence-corrected chi connectivity index (χ3v) is 3.56. The Labute approximate surface area is 98.9 Å². The van der Waals surface area contributed by atoms with Gasteiger partial charge in [-0.05, 0) is 20.9 Å². The van der Waals surface area contributed by atoms with Crippen molar-refractivity contribution >= 4 is 10.8 Å². The maximum atomic E-state index is 11.6. The molecule has 90 valence electrons. The summed E-state index contributed by atoms with van der Waals surface area (Å²) in [5.41, 5.74) is 2.83. The molecule has 0 aliphatic heterocycles. The van der Waals surface area contributed by atoms with E-state index in [1.807, 2.05) is 13.8 Å². The highest BCUT2D eigenvalue weighted by Crippen LogP contribution is 2.24. The lowest BCUT2D eigenvalue weighted by atomic mass is 10.1. The van der Waals surface area contributed by atoms with Crippen molar-refractivity contribution in [2.45, 2.75) is 19.6 Å². The van der Waals surface area contributed by atoms with Crippen LogP contribution in [0.1, 0.15) is 16.8 Å². The average molecular weight is 242 g/mol. The molecule has 0 spiro atoms. The van der Waals surface area contributed by atoms with E-state index in [1.165, 1.54) is 0 Å². The van der Waals surface area contributed by atoms with Gasteiger partial charge in [0.2, 0.25) is 0 Å². The van der Waals surface area contributed by atoms with E-state index < -0.39 is 10.8 Å². The first-order valence-electron chi connectivity index (χ1n) is 5.08. The summed E-state index contributed by atoms with van der Waals surface area (Å²) in [6.45, 7) is 3.90. The summed E-state index contributed by atoms with van der Waals surface area (Å²) >= 11 is 0. The zero-order valence-corrected chi connectivity index (χ0v) is 11.0. The molecule has 1 unspecified atom stereocenters. The van der Waals surface area contributed by atoms with Crippen LogP contribution in [-0.4, -0.2) is 29.2 Å². The van der Waals surface area contributed by atoms with Crippen molar-refractivity contribution in [1.82, 2.24) is 10.3 Å². The molecule has 0 fully saturated rings. The molecule has 1 atom stereocenters. The van der Waals surface area contributed by atoms with Crippen LogP contribution in [0.25, 0.3) is 0 Å². The molecule has 5 heteroatoms.